The van der Waals surface area contributed by atoms with Crippen LogP contribution in [0.25, 0.3) is 11.1 Å². The summed E-state index contributed by atoms with van der Waals surface area (Å²) < 4.78 is 63.1. The van der Waals surface area contributed by atoms with Crippen molar-refractivity contribution in [3.63, 3.8) is 0 Å². The van der Waals surface area contributed by atoms with Gasteiger partial charge in [-0.1, -0.05) is 41.6 Å². The van der Waals surface area contributed by atoms with Gasteiger partial charge in [0.25, 0.3) is 0 Å². The van der Waals surface area contributed by atoms with Gasteiger partial charge in [0.05, 0.1) is 30.2 Å². The van der Waals surface area contributed by atoms with Crippen molar-refractivity contribution >= 4 is 39.3 Å². The van der Waals surface area contributed by atoms with Gasteiger partial charge in [0.2, 0.25) is 15.9 Å². The summed E-state index contributed by atoms with van der Waals surface area (Å²) in [7, 11) is -4.06. The van der Waals surface area contributed by atoms with Crippen molar-refractivity contribution in [2.24, 2.45) is 10.9 Å². The Labute approximate surface area is 268 Å². The molecule has 252 valence electrons. The molecule has 1 unspecified atom stereocenters. The van der Waals surface area contributed by atoms with E-state index in [-0.39, 0.29) is 30.9 Å². The molecule has 2 aromatic rings. The number of carboxylic acids is 1. The number of oxime groups is 1. The lowest BCUT2D eigenvalue weighted by Crippen LogP contribution is -2.49. The molecule has 13 nitrogen and oxygen atoms in total. The highest BCUT2D eigenvalue weighted by Crippen LogP contribution is 2.29. The number of nitriles is 1. The first-order chi connectivity index (χ1) is 21.9. The largest absolute Gasteiger partial charge is 0.490 e. The molecule has 5 N–H and O–H groups in total. The summed E-state index contributed by atoms with van der Waals surface area (Å²) in [6.07, 6.45) is -2.38. The average Bonchev–Trinajstić information content (AvgIpc) is 3.00. The number of ether oxygens (including phenoxy) is 1. The van der Waals surface area contributed by atoms with Gasteiger partial charge in [-0.3, -0.25) is 9.59 Å². The van der Waals surface area contributed by atoms with Crippen molar-refractivity contribution in [1.29, 1.82) is 5.26 Å². The van der Waals surface area contributed by atoms with Crippen molar-refractivity contribution in [2.45, 2.75) is 38.9 Å². The molecule has 0 saturated heterocycles. The number of rotatable bonds is 10. The second-order valence-corrected chi connectivity index (χ2v) is 11.8. The highest BCUT2D eigenvalue weighted by molar-refractivity contribution is 7.88. The molecule has 0 radical (unpaired) electrons. The van der Waals surface area contributed by atoms with E-state index >= 15 is 0 Å². The quantitative estimate of drug-likeness (QED) is 0.162. The van der Waals surface area contributed by atoms with Crippen molar-refractivity contribution < 1.29 is 51.0 Å². The summed E-state index contributed by atoms with van der Waals surface area (Å²) in [5.74, 6) is -4.23. The molecule has 0 spiro atoms. The molecule has 17 heteroatoms. The molecular weight excluding hydrogens is 647 g/mol. The van der Waals surface area contributed by atoms with Crippen molar-refractivity contribution in [2.75, 3.05) is 24.7 Å². The van der Waals surface area contributed by atoms with Crippen LogP contribution in [0.3, 0.4) is 0 Å². The van der Waals surface area contributed by atoms with Crippen LogP contribution in [0.1, 0.15) is 32.3 Å². The lowest BCUT2D eigenvalue weighted by molar-refractivity contribution is -0.192. The number of esters is 1. The van der Waals surface area contributed by atoms with E-state index < -0.39 is 46.6 Å². The third kappa shape index (κ3) is 10.7. The number of allylic oxidation sites excluding steroid dienone is 3. The van der Waals surface area contributed by atoms with Crippen LogP contribution in [0.5, 0.6) is 0 Å². The fraction of sp³-hybridized carbons (Fsp3) is 0.300. The van der Waals surface area contributed by atoms with Crippen LogP contribution in [-0.4, -0.2) is 78.2 Å². The second kappa shape index (κ2) is 16.4. The number of amides is 1. The van der Waals surface area contributed by atoms with Crippen LogP contribution in [0.4, 0.5) is 18.9 Å². The van der Waals surface area contributed by atoms with Crippen molar-refractivity contribution in [1.82, 2.24) is 4.31 Å². The van der Waals surface area contributed by atoms with Crippen molar-refractivity contribution in [3.05, 3.63) is 77.0 Å². The molecule has 3 rings (SSSR count). The number of aliphatic carboxylic acids is 1. The van der Waals surface area contributed by atoms with E-state index in [0.29, 0.717) is 22.4 Å². The van der Waals surface area contributed by atoms with Gasteiger partial charge in [0.1, 0.15) is 18.3 Å². The number of anilines is 1. The molecule has 2 aromatic carbocycles. The van der Waals surface area contributed by atoms with E-state index in [1.165, 1.54) is 0 Å². The molecule has 0 aliphatic heterocycles. The number of hydrogen-bond donors (Lipinski definition) is 4. The zero-order valence-electron chi connectivity index (χ0n) is 25.4. The van der Waals surface area contributed by atoms with Crippen LogP contribution < -0.4 is 11.1 Å². The number of nitrogens with one attached hydrogen (secondary N) is 1. The van der Waals surface area contributed by atoms with E-state index in [1.54, 1.807) is 56.3 Å². The fourth-order valence-corrected chi connectivity index (χ4v) is 5.29. The summed E-state index contributed by atoms with van der Waals surface area (Å²) in [5, 5.41) is 31.6. The third-order valence-corrected chi connectivity index (χ3v) is 7.93. The predicted molar refractivity (Wildman–Crippen MR) is 164 cm³/mol. The van der Waals surface area contributed by atoms with Crippen LogP contribution in [-0.2, 0) is 29.1 Å². The molecule has 1 atom stereocenters. The Morgan fingerprint density at radius 2 is 1.77 bits per heavy atom. The first-order valence-electron chi connectivity index (χ1n) is 13.6. The number of halogens is 3. The highest BCUT2D eigenvalue weighted by Gasteiger charge is 2.38. The third-order valence-electron chi connectivity index (χ3n) is 6.69. The van der Waals surface area contributed by atoms with Gasteiger partial charge < -0.3 is 26.1 Å². The monoisotopic (exact) mass is 679 g/mol. The molecule has 0 aromatic heterocycles. The SMILES string of the molecule is CCOC(=O)CN(C(CC1=CCC(=NO)C(N)=C1C)C(=O)Nc1ccc(-c2ccccc2C#N)cc1)S(C)(=O)=O.O=C(O)C(F)(F)F. The molecule has 1 aliphatic rings. The Morgan fingerprint density at radius 1 is 1.17 bits per heavy atom. The van der Waals surface area contributed by atoms with Gasteiger partial charge in [-0.25, -0.2) is 13.2 Å². The lowest BCUT2D eigenvalue weighted by atomic mass is 9.90. The Bertz CT molecular complexity index is 1730. The van der Waals surface area contributed by atoms with E-state index in [1.807, 2.05) is 12.1 Å². The Hall–Kier alpha value is -5.21. The smallest absolute Gasteiger partial charge is 0.475 e. The first-order valence-corrected chi connectivity index (χ1v) is 15.5. The van der Waals surface area contributed by atoms with Gasteiger partial charge in [0.15, 0.2) is 0 Å². The molecular formula is C30H32F3N5O8S. The van der Waals surface area contributed by atoms with E-state index in [0.717, 1.165) is 21.7 Å². The zero-order valence-corrected chi connectivity index (χ0v) is 26.2. The zero-order chi connectivity index (χ0) is 35.5. The Balaban J connectivity index is 0.000000984. The number of nitrogens with zero attached hydrogens (tertiary/aromatic N) is 3. The number of carbonyl (C=O) groups excluding carboxylic acids is 2. The molecule has 0 saturated carbocycles. The Morgan fingerprint density at radius 3 is 2.28 bits per heavy atom. The topological polar surface area (TPSA) is 212 Å². The minimum atomic E-state index is -5.08. The number of carboxylic acid groups (broad SMARTS) is 1. The van der Waals surface area contributed by atoms with E-state index in [4.69, 9.17) is 20.4 Å². The van der Waals surface area contributed by atoms with Gasteiger partial charge in [-0.05, 0) is 60.7 Å². The van der Waals surface area contributed by atoms with Crippen LogP contribution in [0, 0.1) is 11.3 Å². The molecule has 1 aliphatic carbocycles. The number of nitrogens with two attached hydrogens (primary N) is 1. The maximum Gasteiger partial charge on any atom is 0.490 e. The number of hydrogen-bond acceptors (Lipinski definition) is 10. The second-order valence-electron chi connectivity index (χ2n) is 9.88. The molecule has 1 amide bonds. The Kier molecular flexibility index (Phi) is 13.2. The predicted octanol–water partition coefficient (Wildman–Crippen LogP) is 3.77. The highest BCUT2D eigenvalue weighted by atomic mass is 32.2. The van der Waals surface area contributed by atoms with Gasteiger partial charge in [-0.2, -0.15) is 22.7 Å². The minimum Gasteiger partial charge on any atom is -0.475 e. The molecule has 47 heavy (non-hydrogen) atoms. The summed E-state index contributed by atoms with van der Waals surface area (Å²) >= 11 is 0. The number of carbonyl (C=O) groups is 3. The van der Waals surface area contributed by atoms with E-state index in [9.17, 15) is 41.6 Å². The average molecular weight is 680 g/mol. The fourth-order valence-electron chi connectivity index (χ4n) is 4.32. The maximum atomic E-state index is 13.6. The molecule has 0 fully saturated rings. The van der Waals surface area contributed by atoms with Gasteiger partial charge in [-0.15, -0.1) is 0 Å². The minimum absolute atomic E-state index is 0.0430. The number of alkyl halides is 3. The first kappa shape index (κ1) is 38.0. The standard InChI is InChI=1S/C28H31N5O6S.C2HF3O2/c1-4-39-26(34)17-33(40(3,37)38)25(15-20-11-14-24(32-36)27(30)18(20)2)28(35)31-22-12-9-19(10-13-22)23-8-6-5-7-21(23)16-29;3-2(4,5)1(6)7/h5-13,25,36H,4,14-15,17,30H2,1-3H3,(H,31,35);(H,6,7). The van der Waals surface area contributed by atoms with Crippen LogP contribution in [0.2, 0.25) is 0 Å². The van der Waals surface area contributed by atoms with Crippen molar-refractivity contribution in [3.8, 4) is 17.2 Å². The van der Waals surface area contributed by atoms with Gasteiger partial charge >= 0.3 is 18.1 Å². The number of benzene rings is 2. The summed E-state index contributed by atoms with van der Waals surface area (Å²) in [4.78, 5) is 34.9. The summed E-state index contributed by atoms with van der Waals surface area (Å²) in [5.41, 5.74) is 10.0. The van der Waals surface area contributed by atoms with Gasteiger partial charge in [0, 0.05) is 12.1 Å². The molecule has 0 heterocycles. The normalized spacial score (nSPS) is 14.8. The van der Waals surface area contributed by atoms with E-state index in [2.05, 4.69) is 16.5 Å². The van der Waals surface area contributed by atoms with Crippen LogP contribution in [0.15, 0.2) is 76.6 Å². The maximum absolute atomic E-state index is 13.6. The van der Waals surface area contributed by atoms with Crippen LogP contribution >= 0.6 is 0 Å². The lowest BCUT2D eigenvalue weighted by Gasteiger charge is -2.30. The summed E-state index contributed by atoms with van der Waals surface area (Å²) in [6, 6.07) is 14.7. The summed E-state index contributed by atoms with van der Waals surface area (Å²) in [6.45, 7) is 2.65. The molecule has 0 bridgehead atoms. The number of sulfonamides is 1.